The van der Waals surface area contributed by atoms with Crippen LogP contribution in [0.25, 0.3) is 0 Å². The average molecular weight is 405 g/mol. The summed E-state index contributed by atoms with van der Waals surface area (Å²) < 4.78 is 58.0. The molecule has 3 aromatic rings. The van der Waals surface area contributed by atoms with Crippen LogP contribution in [0, 0.1) is 5.82 Å². The number of ether oxygens (including phenoxy) is 1. The van der Waals surface area contributed by atoms with Gasteiger partial charge in [0.15, 0.2) is 0 Å². The fraction of sp³-hybridized carbons (Fsp3) is 0.100. The minimum absolute atomic E-state index is 0.171. The van der Waals surface area contributed by atoms with E-state index in [9.17, 15) is 22.4 Å². The van der Waals surface area contributed by atoms with Crippen molar-refractivity contribution in [2.75, 3.05) is 17.7 Å². The third-order valence-electron chi connectivity index (χ3n) is 3.91. The average Bonchev–Trinajstić information content (AvgIpc) is 2.69. The summed E-state index contributed by atoms with van der Waals surface area (Å²) in [5.74, 6) is -1.87. The van der Waals surface area contributed by atoms with Crippen LogP contribution in [0.5, 0.6) is 11.6 Å². The molecule has 5 nitrogen and oxygen atoms in total. The Kier molecular flexibility index (Phi) is 5.67. The number of hydrogen-bond donors (Lipinski definition) is 2. The van der Waals surface area contributed by atoms with Crippen molar-refractivity contribution in [1.29, 1.82) is 0 Å². The summed E-state index contributed by atoms with van der Waals surface area (Å²) in [5, 5.41) is 5.28. The van der Waals surface area contributed by atoms with Gasteiger partial charge in [-0.05, 0) is 42.5 Å². The fourth-order valence-corrected chi connectivity index (χ4v) is 2.45. The van der Waals surface area contributed by atoms with Gasteiger partial charge in [-0.1, -0.05) is 6.07 Å². The predicted octanol–water partition coefficient (Wildman–Crippen LogP) is 5.33. The first-order valence-corrected chi connectivity index (χ1v) is 8.36. The van der Waals surface area contributed by atoms with E-state index in [-0.39, 0.29) is 11.6 Å². The van der Waals surface area contributed by atoms with Crippen molar-refractivity contribution in [1.82, 2.24) is 4.98 Å². The molecule has 2 N–H and O–H groups in total. The molecule has 3 rings (SSSR count). The number of benzene rings is 2. The number of pyridine rings is 1. The Balaban J connectivity index is 1.70. The first-order valence-electron chi connectivity index (χ1n) is 8.36. The molecule has 1 aromatic heterocycles. The van der Waals surface area contributed by atoms with Gasteiger partial charge in [0.05, 0.1) is 23.0 Å². The molecule has 29 heavy (non-hydrogen) atoms. The minimum atomic E-state index is -4.90. The first kappa shape index (κ1) is 20.1. The SMILES string of the molecule is CNc1ccc(Oc2ccc(NC(=O)c3cccc(C(F)(F)F)c3F)cn2)cc1. The molecule has 0 saturated carbocycles. The van der Waals surface area contributed by atoms with Crippen molar-refractivity contribution in [3.63, 3.8) is 0 Å². The highest BCUT2D eigenvalue weighted by atomic mass is 19.4. The maximum absolute atomic E-state index is 14.1. The molecule has 0 radical (unpaired) electrons. The zero-order chi connectivity index (χ0) is 21.0. The quantitative estimate of drug-likeness (QED) is 0.564. The second-order valence-corrected chi connectivity index (χ2v) is 5.88. The van der Waals surface area contributed by atoms with Gasteiger partial charge in [-0.25, -0.2) is 9.37 Å². The van der Waals surface area contributed by atoms with Gasteiger partial charge in [0, 0.05) is 18.8 Å². The van der Waals surface area contributed by atoms with E-state index in [4.69, 9.17) is 4.74 Å². The molecule has 150 valence electrons. The summed E-state index contributed by atoms with van der Waals surface area (Å²) in [7, 11) is 1.79. The van der Waals surface area contributed by atoms with Crippen LogP contribution in [-0.2, 0) is 6.18 Å². The molecule has 0 aliphatic carbocycles. The van der Waals surface area contributed by atoms with Crippen molar-refractivity contribution in [3.8, 4) is 11.6 Å². The number of amides is 1. The summed E-state index contributed by atoms with van der Waals surface area (Å²) in [6.07, 6.45) is -3.65. The zero-order valence-electron chi connectivity index (χ0n) is 15.0. The van der Waals surface area contributed by atoms with Crippen LogP contribution in [0.4, 0.5) is 28.9 Å². The minimum Gasteiger partial charge on any atom is -0.439 e. The number of nitrogens with one attached hydrogen (secondary N) is 2. The number of halogens is 4. The van der Waals surface area contributed by atoms with Crippen molar-refractivity contribution < 1.29 is 27.1 Å². The molecule has 0 saturated heterocycles. The molecule has 0 fully saturated rings. The van der Waals surface area contributed by atoms with E-state index < -0.39 is 29.0 Å². The number of nitrogens with zero attached hydrogens (tertiary/aromatic N) is 1. The van der Waals surface area contributed by atoms with E-state index in [1.165, 1.54) is 18.3 Å². The molecule has 2 aromatic carbocycles. The molecule has 9 heteroatoms. The van der Waals surface area contributed by atoms with E-state index >= 15 is 0 Å². The van der Waals surface area contributed by atoms with Gasteiger partial charge < -0.3 is 15.4 Å². The van der Waals surface area contributed by atoms with Gasteiger partial charge in [-0.15, -0.1) is 0 Å². The Hall–Kier alpha value is -3.62. The molecule has 0 atom stereocenters. The van der Waals surface area contributed by atoms with Gasteiger partial charge in [0.2, 0.25) is 5.88 Å². The molecular weight excluding hydrogens is 390 g/mol. The standard InChI is InChI=1S/C20H15F4N3O2/c1-25-12-5-8-14(9-6-12)29-17-10-7-13(11-26-17)27-19(28)15-3-2-4-16(18(15)21)20(22,23)24/h2-11,25H,1H3,(H,27,28). The van der Waals surface area contributed by atoms with Crippen LogP contribution in [0.3, 0.4) is 0 Å². The normalized spacial score (nSPS) is 11.1. The van der Waals surface area contributed by atoms with Crippen molar-refractivity contribution in [2.24, 2.45) is 0 Å². The van der Waals surface area contributed by atoms with Gasteiger partial charge in [0.25, 0.3) is 5.91 Å². The Bertz CT molecular complexity index is 1000. The Morgan fingerprint density at radius 3 is 2.28 bits per heavy atom. The summed E-state index contributed by atoms with van der Waals surface area (Å²) in [6.45, 7) is 0. The maximum atomic E-state index is 14.1. The number of carbonyl (C=O) groups is 1. The van der Waals surface area contributed by atoms with Crippen molar-refractivity contribution in [3.05, 3.63) is 77.7 Å². The van der Waals surface area contributed by atoms with Crippen LogP contribution in [-0.4, -0.2) is 17.9 Å². The van der Waals surface area contributed by atoms with E-state index in [0.29, 0.717) is 11.8 Å². The number of rotatable bonds is 5. The highest BCUT2D eigenvalue weighted by molar-refractivity contribution is 6.04. The Morgan fingerprint density at radius 1 is 1.00 bits per heavy atom. The van der Waals surface area contributed by atoms with E-state index in [0.717, 1.165) is 17.8 Å². The van der Waals surface area contributed by atoms with Gasteiger partial charge in [0.1, 0.15) is 11.6 Å². The smallest absolute Gasteiger partial charge is 0.419 e. The monoisotopic (exact) mass is 405 g/mol. The maximum Gasteiger partial charge on any atom is 0.419 e. The Labute approximate surface area is 163 Å². The van der Waals surface area contributed by atoms with Crippen LogP contribution >= 0.6 is 0 Å². The van der Waals surface area contributed by atoms with Gasteiger partial charge in [-0.3, -0.25) is 4.79 Å². The third kappa shape index (κ3) is 4.81. The van der Waals surface area contributed by atoms with Crippen LogP contribution < -0.4 is 15.4 Å². The summed E-state index contributed by atoms with van der Waals surface area (Å²) in [4.78, 5) is 16.2. The number of anilines is 2. The molecule has 0 spiro atoms. The van der Waals surface area contributed by atoms with Gasteiger partial charge >= 0.3 is 6.18 Å². The third-order valence-corrected chi connectivity index (χ3v) is 3.91. The lowest BCUT2D eigenvalue weighted by molar-refractivity contribution is -0.140. The molecule has 1 heterocycles. The predicted molar refractivity (Wildman–Crippen MR) is 99.7 cm³/mol. The molecule has 1 amide bonds. The van der Waals surface area contributed by atoms with Crippen LogP contribution in [0.2, 0.25) is 0 Å². The first-order chi connectivity index (χ1) is 13.8. The summed E-state index contributed by atoms with van der Waals surface area (Å²) in [6, 6.07) is 12.5. The van der Waals surface area contributed by atoms with Crippen LogP contribution in [0.15, 0.2) is 60.8 Å². The highest BCUT2D eigenvalue weighted by Gasteiger charge is 2.35. The molecule has 0 bridgehead atoms. The summed E-state index contributed by atoms with van der Waals surface area (Å²) in [5.41, 5.74) is -1.14. The topological polar surface area (TPSA) is 63.2 Å². The molecule has 0 aliphatic heterocycles. The Morgan fingerprint density at radius 2 is 1.69 bits per heavy atom. The summed E-state index contributed by atoms with van der Waals surface area (Å²) >= 11 is 0. The van der Waals surface area contributed by atoms with E-state index in [1.54, 1.807) is 19.2 Å². The van der Waals surface area contributed by atoms with E-state index in [1.807, 2.05) is 12.1 Å². The number of carbonyl (C=O) groups excluding carboxylic acids is 1. The lowest BCUT2D eigenvalue weighted by Crippen LogP contribution is -2.17. The number of alkyl halides is 3. The lowest BCUT2D eigenvalue weighted by atomic mass is 10.1. The lowest BCUT2D eigenvalue weighted by Gasteiger charge is -2.11. The van der Waals surface area contributed by atoms with E-state index in [2.05, 4.69) is 15.6 Å². The number of aromatic nitrogens is 1. The molecule has 0 aliphatic rings. The highest BCUT2D eigenvalue weighted by Crippen LogP contribution is 2.32. The van der Waals surface area contributed by atoms with Crippen molar-refractivity contribution in [2.45, 2.75) is 6.18 Å². The van der Waals surface area contributed by atoms with Crippen LogP contribution in [0.1, 0.15) is 15.9 Å². The molecule has 0 unspecified atom stereocenters. The number of hydrogen-bond acceptors (Lipinski definition) is 4. The second-order valence-electron chi connectivity index (χ2n) is 5.88. The zero-order valence-corrected chi connectivity index (χ0v) is 15.0. The van der Waals surface area contributed by atoms with Crippen molar-refractivity contribution >= 4 is 17.3 Å². The largest absolute Gasteiger partial charge is 0.439 e. The van der Waals surface area contributed by atoms with Gasteiger partial charge in [-0.2, -0.15) is 13.2 Å². The fourth-order valence-electron chi connectivity index (χ4n) is 2.45. The second kappa shape index (κ2) is 8.17. The molecular formula is C20H15F4N3O2.